The minimum absolute atomic E-state index is 0.226. The van der Waals surface area contributed by atoms with E-state index in [0.29, 0.717) is 17.9 Å². The third kappa shape index (κ3) is 14.6. The Morgan fingerprint density at radius 3 is 1.67 bits per heavy atom. The van der Waals surface area contributed by atoms with Gasteiger partial charge in [-0.3, -0.25) is 0 Å². The molecule has 0 radical (unpaired) electrons. The fourth-order valence-corrected chi connectivity index (χ4v) is 10.6. The first kappa shape index (κ1) is 51.5. The Hall–Kier alpha value is -4.88. The van der Waals surface area contributed by atoms with Crippen molar-refractivity contribution in [2.24, 2.45) is 0 Å². The first-order chi connectivity index (χ1) is 32.4. The molecular formula is C55H72N4O6S2. The molecule has 0 amide bonds. The molecule has 3 unspecified atom stereocenters. The van der Waals surface area contributed by atoms with Gasteiger partial charge in [0.15, 0.2) is 0 Å². The maximum atomic E-state index is 9.10. The van der Waals surface area contributed by atoms with E-state index in [-0.39, 0.29) is 12.2 Å². The number of piperidine rings is 2. The molecule has 2 aromatic heterocycles. The van der Waals surface area contributed by atoms with Crippen LogP contribution in [-0.4, -0.2) is 92.9 Å². The van der Waals surface area contributed by atoms with Crippen LogP contribution in [0.3, 0.4) is 0 Å². The van der Waals surface area contributed by atoms with Gasteiger partial charge in [-0.25, -0.2) is 9.59 Å². The zero-order valence-electron chi connectivity index (χ0n) is 40.6. The van der Waals surface area contributed by atoms with Gasteiger partial charge in [-0.2, -0.15) is 0 Å². The normalized spacial score (nSPS) is 16.3. The SMILES string of the molecule is CCC(C)Oc1ccc(Sc2ccc3[nH]cc(C4CCN(C(C)CC)CC4)c3c2)cc1.CCCN1CCC(c2c[nH]c3ccc(Sc4ccccc4OC(C)CC)cc23)CC1.O=C(O)C(=O)O. The number of para-hydroxylation sites is 1. The fourth-order valence-electron chi connectivity index (χ4n) is 8.84. The first-order valence-corrected chi connectivity index (χ1v) is 26.0. The van der Waals surface area contributed by atoms with Crippen LogP contribution in [0.1, 0.15) is 123 Å². The highest BCUT2D eigenvalue weighted by Crippen LogP contribution is 2.40. The highest BCUT2D eigenvalue weighted by molar-refractivity contribution is 7.99. The Morgan fingerprint density at radius 1 is 0.642 bits per heavy atom. The second kappa shape index (κ2) is 25.5. The van der Waals surface area contributed by atoms with Crippen molar-refractivity contribution >= 4 is 57.3 Å². The number of carboxylic acid groups (broad SMARTS) is 2. The summed E-state index contributed by atoms with van der Waals surface area (Å²) < 4.78 is 12.1. The highest BCUT2D eigenvalue weighted by atomic mass is 32.2. The van der Waals surface area contributed by atoms with Crippen molar-refractivity contribution < 1.29 is 29.3 Å². The average molecular weight is 949 g/mol. The summed E-state index contributed by atoms with van der Waals surface area (Å²) in [5, 5.41) is 17.6. The van der Waals surface area contributed by atoms with Crippen molar-refractivity contribution in [2.75, 3.05) is 32.7 Å². The third-order valence-electron chi connectivity index (χ3n) is 13.3. The fraction of sp³-hybridized carbons (Fsp3) is 0.455. The van der Waals surface area contributed by atoms with Crippen LogP contribution in [0.25, 0.3) is 21.8 Å². The Labute approximate surface area is 406 Å². The van der Waals surface area contributed by atoms with Gasteiger partial charge in [0.1, 0.15) is 11.5 Å². The predicted octanol–water partition coefficient (Wildman–Crippen LogP) is 13.7. The van der Waals surface area contributed by atoms with E-state index in [0.717, 1.165) is 24.3 Å². The first-order valence-electron chi connectivity index (χ1n) is 24.4. The number of aromatic amines is 2. The van der Waals surface area contributed by atoms with E-state index in [1.165, 1.54) is 124 Å². The summed E-state index contributed by atoms with van der Waals surface area (Å²) in [4.78, 5) is 35.5. The van der Waals surface area contributed by atoms with E-state index < -0.39 is 11.9 Å². The number of hydrogen-bond donors (Lipinski definition) is 4. The standard InChI is InChI=1S/C27H36N2OS.C26H34N2OS.C2H2O4/c1-5-19(3)29-15-13-21(14-16-29)26-18-28-27-12-11-24(17-25(26)27)31-23-9-7-22(8-10-23)30-20(4)6-2;1-4-14-28-15-12-20(13-16-28)23-18-27-24-11-10-21(17-22(23)24)30-26-9-7-6-8-25(26)29-19(3)5-2;3-1(4)2(5)6/h7-12,17-21,28H,5-6,13-16H2,1-4H3;6-11,17-20,27H,4-5,12-16H2,1-3H3;(H,3,4)(H,5,6). The molecule has 2 fully saturated rings. The molecule has 12 heteroatoms. The second-order valence-corrected chi connectivity index (χ2v) is 20.3. The van der Waals surface area contributed by atoms with Crippen LogP contribution >= 0.6 is 23.5 Å². The number of benzene rings is 4. The largest absolute Gasteiger partial charge is 0.491 e. The summed E-state index contributed by atoms with van der Waals surface area (Å²) in [6.45, 7) is 21.6. The number of ether oxygens (including phenoxy) is 2. The van der Waals surface area contributed by atoms with E-state index in [1.54, 1.807) is 11.8 Å². The molecule has 2 saturated heterocycles. The molecule has 2 aliphatic rings. The number of nitrogens with zero attached hydrogens (tertiary/aromatic N) is 2. The van der Waals surface area contributed by atoms with Crippen LogP contribution in [0, 0.1) is 0 Å². The van der Waals surface area contributed by atoms with Crippen molar-refractivity contribution in [1.82, 2.24) is 19.8 Å². The molecule has 0 spiro atoms. The lowest BCUT2D eigenvalue weighted by atomic mass is 9.88. The minimum atomic E-state index is -1.82. The van der Waals surface area contributed by atoms with E-state index >= 15 is 0 Å². The summed E-state index contributed by atoms with van der Waals surface area (Å²) in [7, 11) is 0. The molecule has 67 heavy (non-hydrogen) atoms. The van der Waals surface area contributed by atoms with Crippen LogP contribution in [-0.2, 0) is 9.59 Å². The quantitative estimate of drug-likeness (QED) is 0.0696. The molecule has 3 atom stereocenters. The topological polar surface area (TPSA) is 131 Å². The summed E-state index contributed by atoms with van der Waals surface area (Å²) in [5.74, 6) is -0.398. The smallest absolute Gasteiger partial charge is 0.414 e. The molecule has 4 N–H and O–H groups in total. The van der Waals surface area contributed by atoms with Crippen molar-refractivity contribution in [2.45, 2.75) is 150 Å². The second-order valence-electron chi connectivity index (χ2n) is 18.0. The Morgan fingerprint density at radius 2 is 1.15 bits per heavy atom. The average Bonchev–Trinajstić information content (AvgIpc) is 3.97. The van der Waals surface area contributed by atoms with E-state index in [1.807, 2.05) is 11.8 Å². The molecule has 8 rings (SSSR count). The number of aliphatic carboxylic acids is 2. The highest BCUT2D eigenvalue weighted by Gasteiger charge is 2.26. The molecule has 2 aliphatic heterocycles. The van der Waals surface area contributed by atoms with Crippen LogP contribution in [0.4, 0.5) is 0 Å². The van der Waals surface area contributed by atoms with Crippen LogP contribution in [0.5, 0.6) is 11.5 Å². The molecule has 360 valence electrons. The van der Waals surface area contributed by atoms with Crippen LogP contribution in [0.15, 0.2) is 117 Å². The molecule has 4 aromatic carbocycles. The van der Waals surface area contributed by atoms with Crippen molar-refractivity contribution in [3.05, 3.63) is 108 Å². The summed E-state index contributed by atoms with van der Waals surface area (Å²) >= 11 is 3.62. The Kier molecular flexibility index (Phi) is 19.6. The lowest BCUT2D eigenvalue weighted by Crippen LogP contribution is -2.39. The van der Waals surface area contributed by atoms with E-state index in [2.05, 4.69) is 166 Å². The number of fused-ring (bicyclic) bond motifs is 2. The predicted molar refractivity (Wildman–Crippen MR) is 276 cm³/mol. The number of H-pyrrole nitrogens is 2. The van der Waals surface area contributed by atoms with Gasteiger partial charge in [0.05, 0.1) is 17.1 Å². The summed E-state index contributed by atoms with van der Waals surface area (Å²) in [6.07, 6.45) is 14.5. The number of rotatable bonds is 16. The molecule has 10 nitrogen and oxygen atoms in total. The van der Waals surface area contributed by atoms with Gasteiger partial charge < -0.3 is 39.5 Å². The lowest BCUT2D eigenvalue weighted by Gasteiger charge is -2.35. The van der Waals surface area contributed by atoms with Gasteiger partial charge in [-0.15, -0.1) is 0 Å². The molecule has 0 saturated carbocycles. The third-order valence-corrected chi connectivity index (χ3v) is 15.3. The van der Waals surface area contributed by atoms with Gasteiger partial charge in [0.25, 0.3) is 0 Å². The van der Waals surface area contributed by atoms with Crippen molar-refractivity contribution in [3.63, 3.8) is 0 Å². The van der Waals surface area contributed by atoms with E-state index in [4.69, 9.17) is 29.3 Å². The number of nitrogens with one attached hydrogen (secondary N) is 2. The minimum Gasteiger partial charge on any atom is -0.491 e. The zero-order valence-corrected chi connectivity index (χ0v) is 42.2. The molecule has 4 heterocycles. The van der Waals surface area contributed by atoms with Crippen molar-refractivity contribution in [1.29, 1.82) is 0 Å². The maximum absolute atomic E-state index is 9.10. The Bertz CT molecular complexity index is 2460. The van der Waals surface area contributed by atoms with Crippen LogP contribution in [0.2, 0.25) is 0 Å². The monoisotopic (exact) mass is 948 g/mol. The maximum Gasteiger partial charge on any atom is 0.414 e. The number of hydrogen-bond acceptors (Lipinski definition) is 8. The number of carboxylic acids is 2. The lowest BCUT2D eigenvalue weighted by molar-refractivity contribution is -0.159. The van der Waals surface area contributed by atoms with Crippen molar-refractivity contribution in [3.8, 4) is 11.5 Å². The molecular weight excluding hydrogens is 877 g/mol. The Balaban J connectivity index is 0.000000197. The number of aromatic nitrogens is 2. The molecule has 0 aliphatic carbocycles. The molecule has 6 aromatic rings. The summed E-state index contributed by atoms with van der Waals surface area (Å²) in [5.41, 5.74) is 5.49. The van der Waals surface area contributed by atoms with Gasteiger partial charge in [0, 0.05) is 54.9 Å². The van der Waals surface area contributed by atoms with E-state index in [9.17, 15) is 0 Å². The zero-order chi connectivity index (χ0) is 47.9. The number of carbonyl (C=O) groups is 2. The van der Waals surface area contributed by atoms with Gasteiger partial charge in [-0.05, 0) is 201 Å². The molecule has 0 bridgehead atoms. The number of likely N-dealkylation sites (tertiary alicyclic amines) is 2. The van der Waals surface area contributed by atoms with Crippen LogP contribution < -0.4 is 9.47 Å². The van der Waals surface area contributed by atoms with Gasteiger partial charge >= 0.3 is 11.9 Å². The van der Waals surface area contributed by atoms with Gasteiger partial charge in [-0.1, -0.05) is 63.4 Å². The summed E-state index contributed by atoms with van der Waals surface area (Å²) in [6, 6.07) is 31.2. The van der Waals surface area contributed by atoms with Gasteiger partial charge in [0.2, 0.25) is 0 Å².